The lowest BCUT2D eigenvalue weighted by Crippen LogP contribution is -2.30. The molecule has 0 atom stereocenters. The summed E-state index contributed by atoms with van der Waals surface area (Å²) >= 11 is 0. The molecule has 2 N–H and O–H groups in total. The second kappa shape index (κ2) is 8.23. The fourth-order valence-electron chi connectivity index (χ4n) is 3.29. The number of rotatable bonds is 5. The molecule has 0 bridgehead atoms. The van der Waals surface area contributed by atoms with E-state index in [1.165, 1.54) is 6.07 Å². The van der Waals surface area contributed by atoms with Crippen LogP contribution in [0.4, 0.5) is 4.39 Å². The molecule has 2 aromatic carbocycles. The summed E-state index contributed by atoms with van der Waals surface area (Å²) < 4.78 is 13.8. The Morgan fingerprint density at radius 2 is 1.68 bits per heavy atom. The number of nitrogens with zero attached hydrogens (tertiary/aromatic N) is 2. The monoisotopic (exact) mass is 341 g/mol. The minimum Gasteiger partial charge on any atom is -0.366 e. The largest absolute Gasteiger partial charge is 0.366 e. The van der Waals surface area contributed by atoms with Gasteiger partial charge in [0.25, 0.3) is 0 Å². The maximum Gasteiger partial charge on any atom is 0.248 e. The Morgan fingerprint density at radius 1 is 0.960 bits per heavy atom. The fraction of sp³-hybridized carbons (Fsp3) is 0.350. The van der Waals surface area contributed by atoms with E-state index in [-0.39, 0.29) is 5.82 Å². The SMILES string of the molecule is NC(=O)c1cccc(CN2CCCN(Cc3ccccc3F)CC2)c1. The number of halogens is 1. The maximum atomic E-state index is 13.8. The van der Waals surface area contributed by atoms with Crippen LogP contribution in [-0.4, -0.2) is 41.9 Å². The van der Waals surface area contributed by atoms with Crippen LogP contribution in [0, 0.1) is 5.82 Å². The molecule has 0 aromatic heterocycles. The van der Waals surface area contributed by atoms with Crippen LogP contribution in [0.25, 0.3) is 0 Å². The van der Waals surface area contributed by atoms with E-state index in [0.29, 0.717) is 12.1 Å². The zero-order chi connectivity index (χ0) is 17.6. The molecule has 0 aliphatic carbocycles. The van der Waals surface area contributed by atoms with E-state index < -0.39 is 5.91 Å². The third-order valence-electron chi connectivity index (χ3n) is 4.65. The lowest BCUT2D eigenvalue weighted by Gasteiger charge is -2.22. The average Bonchev–Trinajstić information content (AvgIpc) is 2.82. The Bertz CT molecular complexity index is 734. The molecule has 1 saturated heterocycles. The highest BCUT2D eigenvalue weighted by atomic mass is 19.1. The molecule has 1 aliphatic rings. The number of hydrogen-bond acceptors (Lipinski definition) is 3. The first-order valence-corrected chi connectivity index (χ1v) is 8.68. The van der Waals surface area contributed by atoms with Crippen LogP contribution in [0.3, 0.4) is 0 Å². The predicted octanol–water partition coefficient (Wildman–Crippen LogP) is 2.63. The molecule has 132 valence electrons. The van der Waals surface area contributed by atoms with Gasteiger partial charge in [0.05, 0.1) is 0 Å². The number of benzene rings is 2. The normalized spacial score (nSPS) is 16.5. The lowest BCUT2D eigenvalue weighted by molar-refractivity contribution is 0.1000. The number of hydrogen-bond donors (Lipinski definition) is 1. The fourth-order valence-corrected chi connectivity index (χ4v) is 3.29. The molecule has 1 heterocycles. The van der Waals surface area contributed by atoms with Gasteiger partial charge in [-0.05, 0) is 43.3 Å². The van der Waals surface area contributed by atoms with Crippen molar-refractivity contribution >= 4 is 5.91 Å². The second-order valence-electron chi connectivity index (χ2n) is 6.56. The third kappa shape index (κ3) is 4.87. The Labute approximate surface area is 148 Å². The highest BCUT2D eigenvalue weighted by Crippen LogP contribution is 2.14. The molecule has 0 saturated carbocycles. The third-order valence-corrected chi connectivity index (χ3v) is 4.65. The topological polar surface area (TPSA) is 49.6 Å². The van der Waals surface area contributed by atoms with Gasteiger partial charge in [-0.25, -0.2) is 4.39 Å². The van der Waals surface area contributed by atoms with Gasteiger partial charge in [-0.3, -0.25) is 14.6 Å². The summed E-state index contributed by atoms with van der Waals surface area (Å²) in [4.78, 5) is 16.0. The number of primary amides is 1. The number of nitrogens with two attached hydrogens (primary N) is 1. The van der Waals surface area contributed by atoms with E-state index in [2.05, 4.69) is 9.80 Å². The van der Waals surface area contributed by atoms with Crippen molar-refractivity contribution in [3.63, 3.8) is 0 Å². The number of amides is 1. The van der Waals surface area contributed by atoms with Crippen molar-refractivity contribution in [1.29, 1.82) is 0 Å². The van der Waals surface area contributed by atoms with Gasteiger partial charge < -0.3 is 5.73 Å². The van der Waals surface area contributed by atoms with Crippen LogP contribution in [0.15, 0.2) is 48.5 Å². The van der Waals surface area contributed by atoms with Crippen molar-refractivity contribution in [2.24, 2.45) is 5.73 Å². The molecule has 1 amide bonds. The first-order valence-electron chi connectivity index (χ1n) is 8.68. The van der Waals surface area contributed by atoms with E-state index >= 15 is 0 Å². The van der Waals surface area contributed by atoms with Gasteiger partial charge >= 0.3 is 0 Å². The summed E-state index contributed by atoms with van der Waals surface area (Å²) in [5, 5.41) is 0. The van der Waals surface area contributed by atoms with Crippen LogP contribution in [-0.2, 0) is 13.1 Å². The Hall–Kier alpha value is -2.24. The minimum atomic E-state index is -0.395. The summed E-state index contributed by atoms with van der Waals surface area (Å²) in [6, 6.07) is 14.5. The molecule has 2 aromatic rings. The lowest BCUT2D eigenvalue weighted by atomic mass is 10.1. The molecule has 1 fully saturated rings. The zero-order valence-electron chi connectivity index (χ0n) is 14.3. The zero-order valence-corrected chi connectivity index (χ0v) is 14.3. The van der Waals surface area contributed by atoms with E-state index in [0.717, 1.165) is 50.3 Å². The standard InChI is InChI=1S/C20H24FN3O/c21-19-8-2-1-6-18(19)15-24-10-4-9-23(11-12-24)14-16-5-3-7-17(13-16)20(22)25/h1-3,5-8,13H,4,9-12,14-15H2,(H2,22,25). The van der Waals surface area contributed by atoms with Crippen LogP contribution in [0.1, 0.15) is 27.9 Å². The Balaban J connectivity index is 1.57. The van der Waals surface area contributed by atoms with Gasteiger partial charge in [0.2, 0.25) is 5.91 Å². The molecular weight excluding hydrogens is 317 g/mol. The highest BCUT2D eigenvalue weighted by molar-refractivity contribution is 5.92. The molecule has 4 nitrogen and oxygen atoms in total. The van der Waals surface area contributed by atoms with Crippen LogP contribution in [0.5, 0.6) is 0 Å². The van der Waals surface area contributed by atoms with Crippen molar-refractivity contribution in [2.45, 2.75) is 19.5 Å². The van der Waals surface area contributed by atoms with E-state index in [9.17, 15) is 9.18 Å². The second-order valence-corrected chi connectivity index (χ2v) is 6.56. The Kier molecular flexibility index (Phi) is 5.79. The van der Waals surface area contributed by atoms with Crippen molar-refractivity contribution in [3.8, 4) is 0 Å². The van der Waals surface area contributed by atoms with Gasteiger partial charge in [0.15, 0.2) is 0 Å². The maximum absolute atomic E-state index is 13.8. The number of carbonyl (C=O) groups is 1. The van der Waals surface area contributed by atoms with Crippen LogP contribution >= 0.6 is 0 Å². The summed E-state index contributed by atoms with van der Waals surface area (Å²) in [7, 11) is 0. The molecule has 0 unspecified atom stereocenters. The molecule has 3 rings (SSSR count). The molecular formula is C20H24FN3O. The first kappa shape index (κ1) is 17.6. The van der Waals surface area contributed by atoms with Gasteiger partial charge in [0, 0.05) is 37.3 Å². The van der Waals surface area contributed by atoms with Crippen molar-refractivity contribution in [3.05, 3.63) is 71.0 Å². The molecule has 1 aliphatic heterocycles. The first-order chi connectivity index (χ1) is 12.1. The smallest absolute Gasteiger partial charge is 0.248 e. The molecule has 0 spiro atoms. The Morgan fingerprint density at radius 3 is 2.40 bits per heavy atom. The van der Waals surface area contributed by atoms with Crippen molar-refractivity contribution < 1.29 is 9.18 Å². The highest BCUT2D eigenvalue weighted by Gasteiger charge is 2.16. The molecule has 25 heavy (non-hydrogen) atoms. The molecule has 0 radical (unpaired) electrons. The van der Waals surface area contributed by atoms with Gasteiger partial charge in [-0.15, -0.1) is 0 Å². The van der Waals surface area contributed by atoms with E-state index in [1.807, 2.05) is 30.3 Å². The van der Waals surface area contributed by atoms with Crippen molar-refractivity contribution in [1.82, 2.24) is 9.80 Å². The summed E-state index contributed by atoms with van der Waals surface area (Å²) in [5.41, 5.74) is 7.76. The van der Waals surface area contributed by atoms with Gasteiger partial charge in [-0.2, -0.15) is 0 Å². The predicted molar refractivity (Wildman–Crippen MR) is 96.5 cm³/mol. The molecule has 5 heteroatoms. The average molecular weight is 341 g/mol. The van der Waals surface area contributed by atoms with E-state index in [1.54, 1.807) is 12.1 Å². The summed E-state index contributed by atoms with van der Waals surface area (Å²) in [6.45, 7) is 5.24. The van der Waals surface area contributed by atoms with Gasteiger partial charge in [0.1, 0.15) is 5.82 Å². The summed E-state index contributed by atoms with van der Waals surface area (Å²) in [6.07, 6.45) is 1.05. The number of carbonyl (C=O) groups excluding carboxylic acids is 1. The van der Waals surface area contributed by atoms with Crippen LogP contribution in [0.2, 0.25) is 0 Å². The van der Waals surface area contributed by atoms with Crippen LogP contribution < -0.4 is 5.73 Å². The van der Waals surface area contributed by atoms with Crippen molar-refractivity contribution in [2.75, 3.05) is 26.2 Å². The van der Waals surface area contributed by atoms with Gasteiger partial charge in [-0.1, -0.05) is 30.3 Å². The van der Waals surface area contributed by atoms with E-state index in [4.69, 9.17) is 5.73 Å². The summed E-state index contributed by atoms with van der Waals surface area (Å²) in [5.74, 6) is -0.527. The quantitative estimate of drug-likeness (QED) is 0.909. The minimum absolute atomic E-state index is 0.133.